The van der Waals surface area contributed by atoms with Crippen LogP contribution in [0.4, 0.5) is 14.5 Å². The Labute approximate surface area is 146 Å². The zero-order valence-electron chi connectivity index (χ0n) is 13.7. The molecule has 10 heteroatoms. The fourth-order valence-electron chi connectivity index (χ4n) is 1.99. The lowest BCUT2D eigenvalue weighted by Gasteiger charge is -2.12. The molecule has 136 valence electrons. The topological polar surface area (TPSA) is 89.0 Å². The Bertz CT molecular complexity index is 761. The van der Waals surface area contributed by atoms with Gasteiger partial charge < -0.3 is 10.1 Å². The van der Waals surface area contributed by atoms with Gasteiger partial charge in [-0.15, -0.1) is 5.10 Å². The van der Waals surface area contributed by atoms with Crippen LogP contribution in [0.15, 0.2) is 34.2 Å². The van der Waals surface area contributed by atoms with E-state index < -0.39 is 11.9 Å². The number of ether oxygens (including phenoxy) is 1. The molecule has 0 aliphatic rings. The van der Waals surface area contributed by atoms with Crippen LogP contribution in [0.3, 0.4) is 0 Å². The highest BCUT2D eigenvalue weighted by atomic mass is 32.2. The Morgan fingerprint density at radius 2 is 2.08 bits per heavy atom. The van der Waals surface area contributed by atoms with E-state index in [1.807, 2.05) is 6.92 Å². The predicted molar refractivity (Wildman–Crippen MR) is 90.2 cm³/mol. The van der Waals surface area contributed by atoms with Crippen LogP contribution in [0.25, 0.3) is 0 Å². The van der Waals surface area contributed by atoms with Gasteiger partial charge in [-0.05, 0) is 37.6 Å². The highest BCUT2D eigenvalue weighted by molar-refractivity contribution is 8.00. The molecule has 0 spiro atoms. The third kappa shape index (κ3) is 5.31. The number of nitrogens with one attached hydrogen (secondary N) is 2. The summed E-state index contributed by atoms with van der Waals surface area (Å²) >= 11 is 1.15. The second-order valence-electron chi connectivity index (χ2n) is 5.12. The third-order valence-corrected chi connectivity index (χ3v) is 4.26. The van der Waals surface area contributed by atoms with Crippen LogP contribution in [0.1, 0.15) is 20.3 Å². The number of hydrogen-bond acceptors (Lipinski definition) is 5. The highest BCUT2D eigenvalue weighted by Crippen LogP contribution is 2.22. The molecule has 0 aliphatic carbocycles. The van der Waals surface area contributed by atoms with Gasteiger partial charge in [0.1, 0.15) is 5.75 Å². The van der Waals surface area contributed by atoms with E-state index in [2.05, 4.69) is 20.3 Å². The molecule has 0 saturated heterocycles. The number of aromatic amines is 1. The predicted octanol–water partition coefficient (Wildman–Crippen LogP) is 2.70. The quantitative estimate of drug-likeness (QED) is 0.696. The molecule has 2 aromatic rings. The zero-order chi connectivity index (χ0) is 18.4. The van der Waals surface area contributed by atoms with Crippen LogP contribution in [-0.4, -0.2) is 32.5 Å². The van der Waals surface area contributed by atoms with Crippen molar-refractivity contribution >= 4 is 23.4 Å². The summed E-state index contributed by atoms with van der Waals surface area (Å²) in [6.45, 7) is 1.23. The highest BCUT2D eigenvalue weighted by Gasteiger charge is 2.19. The van der Waals surface area contributed by atoms with Crippen LogP contribution < -0.4 is 15.7 Å². The normalized spacial score (nSPS) is 12.2. The number of benzene rings is 1. The largest absolute Gasteiger partial charge is 0.435 e. The first-order chi connectivity index (χ1) is 11.9. The number of thioether (sulfide) groups is 1. The lowest BCUT2D eigenvalue weighted by atomic mass is 10.3. The minimum absolute atomic E-state index is 0.00975. The number of anilines is 1. The number of halogens is 2. The summed E-state index contributed by atoms with van der Waals surface area (Å²) in [7, 11) is 0. The molecular weight excluding hydrogens is 354 g/mol. The second-order valence-corrected chi connectivity index (χ2v) is 6.42. The summed E-state index contributed by atoms with van der Waals surface area (Å²) in [5.41, 5.74) is 0.138. The Balaban J connectivity index is 1.97. The minimum atomic E-state index is -2.90. The van der Waals surface area contributed by atoms with Gasteiger partial charge in [0.05, 0.1) is 5.25 Å². The number of carbonyl (C=O) groups is 1. The summed E-state index contributed by atoms with van der Waals surface area (Å²) in [5.74, 6) is -0.290. The molecular formula is C15H18F2N4O3S. The van der Waals surface area contributed by atoms with Gasteiger partial charge in [-0.1, -0.05) is 18.7 Å². The van der Waals surface area contributed by atoms with Crippen molar-refractivity contribution in [2.45, 2.75) is 43.8 Å². The number of nitrogens with zero attached hydrogens (tertiary/aromatic N) is 2. The first-order valence-electron chi connectivity index (χ1n) is 7.58. The van der Waals surface area contributed by atoms with E-state index in [0.717, 1.165) is 18.2 Å². The molecule has 0 aliphatic heterocycles. The number of rotatable bonds is 8. The zero-order valence-corrected chi connectivity index (χ0v) is 14.5. The molecule has 1 unspecified atom stereocenters. The molecule has 1 heterocycles. The first-order valence-corrected chi connectivity index (χ1v) is 8.46. The van der Waals surface area contributed by atoms with Gasteiger partial charge in [0, 0.05) is 12.2 Å². The maximum absolute atomic E-state index is 12.2. The van der Waals surface area contributed by atoms with Gasteiger partial charge in [-0.3, -0.25) is 9.36 Å². The van der Waals surface area contributed by atoms with E-state index in [0.29, 0.717) is 17.4 Å². The summed E-state index contributed by atoms with van der Waals surface area (Å²) in [6.07, 6.45) is 0.764. The van der Waals surface area contributed by atoms with Crippen molar-refractivity contribution in [2.75, 3.05) is 5.32 Å². The Hall–Kier alpha value is -2.36. The molecule has 0 radical (unpaired) electrons. The van der Waals surface area contributed by atoms with Gasteiger partial charge in [-0.25, -0.2) is 9.89 Å². The lowest BCUT2D eigenvalue weighted by Crippen LogP contribution is -2.24. The SMILES string of the molecule is CCCn1c(SC(C)C(=O)Nc2ccc(OC(F)F)cc2)n[nH]c1=O. The van der Waals surface area contributed by atoms with Crippen molar-refractivity contribution < 1.29 is 18.3 Å². The van der Waals surface area contributed by atoms with Crippen molar-refractivity contribution in [1.29, 1.82) is 0 Å². The first kappa shape index (κ1) is 19.0. The maximum atomic E-state index is 12.2. The van der Waals surface area contributed by atoms with Gasteiger partial charge in [0.2, 0.25) is 5.91 Å². The number of amides is 1. The minimum Gasteiger partial charge on any atom is -0.435 e. The van der Waals surface area contributed by atoms with Gasteiger partial charge in [-0.2, -0.15) is 8.78 Å². The number of carbonyl (C=O) groups excluding carboxylic acids is 1. The molecule has 2 N–H and O–H groups in total. The van der Waals surface area contributed by atoms with E-state index in [1.54, 1.807) is 6.92 Å². The fourth-order valence-corrected chi connectivity index (χ4v) is 2.87. The van der Waals surface area contributed by atoms with E-state index in [4.69, 9.17) is 0 Å². The van der Waals surface area contributed by atoms with Crippen LogP contribution in [0.5, 0.6) is 5.75 Å². The van der Waals surface area contributed by atoms with Gasteiger partial charge in [0.15, 0.2) is 5.16 Å². The standard InChI is InChI=1S/C15H18F2N4O3S/c1-3-8-21-14(23)19-20-15(21)25-9(2)12(22)18-10-4-6-11(7-5-10)24-13(16)17/h4-7,9,13H,3,8H2,1-2H3,(H,18,22)(H,19,23). The van der Waals surface area contributed by atoms with Gasteiger partial charge in [0.25, 0.3) is 0 Å². The molecule has 1 aromatic heterocycles. The molecule has 1 amide bonds. The molecule has 1 atom stereocenters. The van der Waals surface area contributed by atoms with E-state index in [1.165, 1.54) is 28.8 Å². The fraction of sp³-hybridized carbons (Fsp3) is 0.400. The van der Waals surface area contributed by atoms with Crippen molar-refractivity contribution in [3.63, 3.8) is 0 Å². The lowest BCUT2D eigenvalue weighted by molar-refractivity contribution is -0.115. The van der Waals surface area contributed by atoms with Crippen LogP contribution in [0.2, 0.25) is 0 Å². The van der Waals surface area contributed by atoms with Crippen LogP contribution >= 0.6 is 11.8 Å². The molecule has 0 fully saturated rings. The van der Waals surface area contributed by atoms with E-state index >= 15 is 0 Å². The number of alkyl halides is 2. The summed E-state index contributed by atoms with van der Waals surface area (Å²) < 4.78 is 29.9. The monoisotopic (exact) mass is 372 g/mol. The average molecular weight is 372 g/mol. The molecule has 0 saturated carbocycles. The number of aromatic nitrogens is 3. The van der Waals surface area contributed by atoms with Crippen LogP contribution in [-0.2, 0) is 11.3 Å². The Kier molecular flexibility index (Phi) is 6.57. The number of hydrogen-bond donors (Lipinski definition) is 2. The number of H-pyrrole nitrogens is 1. The van der Waals surface area contributed by atoms with Crippen molar-refractivity contribution in [2.24, 2.45) is 0 Å². The van der Waals surface area contributed by atoms with Crippen molar-refractivity contribution in [3.8, 4) is 5.75 Å². The second kappa shape index (κ2) is 8.65. The third-order valence-electron chi connectivity index (χ3n) is 3.17. The summed E-state index contributed by atoms with van der Waals surface area (Å²) in [4.78, 5) is 23.9. The van der Waals surface area contributed by atoms with Crippen LogP contribution in [0, 0.1) is 0 Å². The van der Waals surface area contributed by atoms with Gasteiger partial charge >= 0.3 is 12.3 Å². The van der Waals surface area contributed by atoms with Crippen molar-refractivity contribution in [1.82, 2.24) is 14.8 Å². The molecule has 0 bridgehead atoms. The average Bonchev–Trinajstić information content (AvgIpc) is 2.90. The summed E-state index contributed by atoms with van der Waals surface area (Å²) in [6, 6.07) is 5.61. The summed E-state index contributed by atoms with van der Waals surface area (Å²) in [5, 5.41) is 8.89. The molecule has 1 aromatic carbocycles. The van der Waals surface area contributed by atoms with E-state index in [-0.39, 0.29) is 17.3 Å². The smallest absolute Gasteiger partial charge is 0.387 e. The maximum Gasteiger partial charge on any atom is 0.387 e. The molecule has 25 heavy (non-hydrogen) atoms. The molecule has 7 nitrogen and oxygen atoms in total. The Morgan fingerprint density at radius 1 is 1.40 bits per heavy atom. The molecule has 2 rings (SSSR count). The van der Waals surface area contributed by atoms with E-state index in [9.17, 15) is 18.4 Å². The Morgan fingerprint density at radius 3 is 2.68 bits per heavy atom. The van der Waals surface area contributed by atoms with Crippen molar-refractivity contribution in [3.05, 3.63) is 34.7 Å².